The van der Waals surface area contributed by atoms with Crippen LogP contribution in [0.2, 0.25) is 0 Å². The molecule has 1 heterocycles. The molecular weight excluding hydrogens is 324 g/mol. The normalized spacial score (nSPS) is 20.7. The van der Waals surface area contributed by atoms with E-state index in [0.717, 1.165) is 0 Å². The van der Waals surface area contributed by atoms with Gasteiger partial charge in [-0.25, -0.2) is 0 Å². The standard InChI is InChI=1S/C22H42N2O2/c1-13(2)21(14(3)4)19(25)24(18(11)12)22(15(5)6,16(7)8)20(26)23(21)17(9)10/h13-18H,1-12H3. The number of piperazine rings is 1. The van der Waals surface area contributed by atoms with Crippen molar-refractivity contribution >= 4 is 11.8 Å². The SMILES string of the molecule is CC(C)N1C(=O)C(C(C)C)(C(C)C)N(C(C)C)C(=O)C1(C(C)C)C(C)C. The van der Waals surface area contributed by atoms with E-state index in [1.54, 1.807) is 0 Å². The Labute approximate surface area is 161 Å². The van der Waals surface area contributed by atoms with Gasteiger partial charge >= 0.3 is 0 Å². The lowest BCUT2D eigenvalue weighted by Crippen LogP contribution is -2.83. The third kappa shape index (κ3) is 2.79. The first kappa shape index (κ1) is 23.0. The molecule has 1 fully saturated rings. The first-order valence-electron chi connectivity index (χ1n) is 10.4. The van der Waals surface area contributed by atoms with Gasteiger partial charge in [-0.1, -0.05) is 55.4 Å². The predicted molar refractivity (Wildman–Crippen MR) is 109 cm³/mol. The highest BCUT2D eigenvalue weighted by molar-refractivity contribution is 6.03. The molecule has 4 heteroatoms. The van der Waals surface area contributed by atoms with Crippen molar-refractivity contribution in [3.63, 3.8) is 0 Å². The Bertz CT molecular complexity index is 468. The minimum Gasteiger partial charge on any atom is -0.323 e. The maximum atomic E-state index is 14.2. The van der Waals surface area contributed by atoms with Gasteiger partial charge < -0.3 is 9.80 Å². The average Bonchev–Trinajstić information content (AvgIpc) is 2.45. The van der Waals surface area contributed by atoms with Crippen LogP contribution in [-0.4, -0.2) is 44.8 Å². The van der Waals surface area contributed by atoms with Crippen LogP contribution in [0.1, 0.15) is 83.1 Å². The van der Waals surface area contributed by atoms with Gasteiger partial charge in [0, 0.05) is 12.1 Å². The third-order valence-electron chi connectivity index (χ3n) is 6.47. The lowest BCUT2D eigenvalue weighted by molar-refractivity contribution is -0.203. The maximum Gasteiger partial charge on any atom is 0.250 e. The summed E-state index contributed by atoms with van der Waals surface area (Å²) in [5.74, 6) is 0.404. The monoisotopic (exact) mass is 366 g/mol. The number of hydrogen-bond donors (Lipinski definition) is 0. The van der Waals surface area contributed by atoms with Crippen molar-refractivity contribution in [2.75, 3.05) is 0 Å². The van der Waals surface area contributed by atoms with Gasteiger partial charge in [0.2, 0.25) is 11.8 Å². The predicted octanol–water partition coefficient (Wildman–Crippen LogP) is 4.58. The molecule has 1 aliphatic rings. The molecule has 0 aromatic rings. The van der Waals surface area contributed by atoms with Gasteiger partial charge in [-0.3, -0.25) is 9.59 Å². The van der Waals surface area contributed by atoms with Crippen LogP contribution >= 0.6 is 0 Å². The van der Waals surface area contributed by atoms with E-state index in [4.69, 9.17) is 0 Å². The summed E-state index contributed by atoms with van der Waals surface area (Å²) in [6, 6.07) is -0.0510. The molecule has 152 valence electrons. The molecule has 0 N–H and O–H groups in total. The smallest absolute Gasteiger partial charge is 0.250 e. The highest BCUT2D eigenvalue weighted by atomic mass is 16.2. The molecule has 1 saturated heterocycles. The third-order valence-corrected chi connectivity index (χ3v) is 6.47. The van der Waals surface area contributed by atoms with Gasteiger partial charge in [-0.15, -0.1) is 0 Å². The van der Waals surface area contributed by atoms with Crippen LogP contribution in [-0.2, 0) is 9.59 Å². The zero-order chi connectivity index (χ0) is 20.8. The number of hydrogen-bond acceptors (Lipinski definition) is 2. The van der Waals surface area contributed by atoms with Crippen molar-refractivity contribution in [3.8, 4) is 0 Å². The Morgan fingerprint density at radius 2 is 0.692 bits per heavy atom. The molecule has 0 saturated carbocycles. The largest absolute Gasteiger partial charge is 0.323 e. The van der Waals surface area contributed by atoms with E-state index in [-0.39, 0.29) is 47.6 Å². The Balaban J connectivity index is 3.98. The molecule has 0 aliphatic carbocycles. The average molecular weight is 367 g/mol. The van der Waals surface area contributed by atoms with Gasteiger partial charge in [-0.05, 0) is 51.4 Å². The van der Waals surface area contributed by atoms with Gasteiger partial charge in [0.1, 0.15) is 11.1 Å². The van der Waals surface area contributed by atoms with Crippen molar-refractivity contribution in [1.29, 1.82) is 0 Å². The summed E-state index contributed by atoms with van der Waals surface area (Å²) in [5, 5.41) is 0. The summed E-state index contributed by atoms with van der Waals surface area (Å²) in [4.78, 5) is 32.3. The number of rotatable bonds is 6. The van der Waals surface area contributed by atoms with E-state index >= 15 is 0 Å². The van der Waals surface area contributed by atoms with E-state index in [9.17, 15) is 9.59 Å². The summed E-state index contributed by atoms with van der Waals surface area (Å²) < 4.78 is 0. The molecule has 0 unspecified atom stereocenters. The summed E-state index contributed by atoms with van der Waals surface area (Å²) in [6.45, 7) is 24.8. The minimum atomic E-state index is -0.803. The quantitative estimate of drug-likeness (QED) is 0.690. The summed E-state index contributed by atoms with van der Waals surface area (Å²) in [7, 11) is 0. The van der Waals surface area contributed by atoms with Crippen molar-refractivity contribution in [3.05, 3.63) is 0 Å². The maximum absolute atomic E-state index is 14.2. The topological polar surface area (TPSA) is 40.6 Å². The Kier molecular flexibility index (Phi) is 6.64. The molecule has 2 amide bonds. The fourth-order valence-electron chi connectivity index (χ4n) is 5.69. The second kappa shape index (κ2) is 7.52. The second-order valence-corrected chi connectivity index (χ2v) is 9.81. The van der Waals surface area contributed by atoms with E-state index < -0.39 is 11.1 Å². The molecule has 0 bridgehead atoms. The molecule has 4 nitrogen and oxygen atoms in total. The highest BCUT2D eigenvalue weighted by Crippen LogP contribution is 2.49. The second-order valence-electron chi connectivity index (χ2n) is 9.81. The minimum absolute atomic E-state index is 0.0255. The fraction of sp³-hybridized carbons (Fsp3) is 0.909. The molecule has 0 radical (unpaired) electrons. The lowest BCUT2D eigenvalue weighted by Gasteiger charge is -2.64. The number of carbonyl (C=O) groups excluding carboxylic acids is 2. The van der Waals surface area contributed by atoms with E-state index in [1.165, 1.54) is 0 Å². The van der Waals surface area contributed by atoms with Crippen LogP contribution in [0.4, 0.5) is 0 Å². The van der Waals surface area contributed by atoms with Crippen LogP contribution in [0.5, 0.6) is 0 Å². The van der Waals surface area contributed by atoms with E-state index in [1.807, 2.05) is 37.5 Å². The zero-order valence-corrected chi connectivity index (χ0v) is 19.2. The van der Waals surface area contributed by atoms with Gasteiger partial charge in [0.15, 0.2) is 0 Å². The van der Waals surface area contributed by atoms with Crippen LogP contribution in [0.15, 0.2) is 0 Å². The van der Waals surface area contributed by atoms with Gasteiger partial charge in [-0.2, -0.15) is 0 Å². The molecule has 0 aromatic heterocycles. The van der Waals surface area contributed by atoms with Crippen molar-refractivity contribution in [2.45, 2.75) is 106 Å². The first-order chi connectivity index (χ1) is 11.7. The fourth-order valence-corrected chi connectivity index (χ4v) is 5.69. The zero-order valence-electron chi connectivity index (χ0n) is 19.2. The van der Waals surface area contributed by atoms with Crippen molar-refractivity contribution < 1.29 is 9.59 Å². The number of nitrogens with zero attached hydrogens (tertiary/aromatic N) is 2. The number of amides is 2. The van der Waals surface area contributed by atoms with E-state index in [0.29, 0.717) is 0 Å². The molecule has 0 spiro atoms. The summed E-state index contributed by atoms with van der Waals surface area (Å²) >= 11 is 0. The highest BCUT2D eigenvalue weighted by Gasteiger charge is 2.67. The molecular formula is C22H42N2O2. The first-order valence-corrected chi connectivity index (χ1v) is 10.4. The molecule has 26 heavy (non-hydrogen) atoms. The van der Waals surface area contributed by atoms with Crippen LogP contribution in [0.3, 0.4) is 0 Å². The molecule has 1 aliphatic heterocycles. The lowest BCUT2D eigenvalue weighted by atomic mass is 9.64. The van der Waals surface area contributed by atoms with Gasteiger partial charge in [0.25, 0.3) is 0 Å². The van der Waals surface area contributed by atoms with Crippen molar-refractivity contribution in [2.24, 2.45) is 23.7 Å². The van der Waals surface area contributed by atoms with Gasteiger partial charge in [0.05, 0.1) is 0 Å². The van der Waals surface area contributed by atoms with Crippen LogP contribution in [0.25, 0.3) is 0 Å². The molecule has 1 rings (SSSR count). The molecule has 0 atom stereocenters. The summed E-state index contributed by atoms with van der Waals surface area (Å²) in [5.41, 5.74) is -1.61. The van der Waals surface area contributed by atoms with Crippen molar-refractivity contribution in [1.82, 2.24) is 9.80 Å². The Morgan fingerprint density at radius 3 is 0.808 bits per heavy atom. The van der Waals surface area contributed by atoms with Crippen LogP contribution in [0, 0.1) is 23.7 Å². The van der Waals surface area contributed by atoms with E-state index in [2.05, 4.69) is 55.4 Å². The Hall–Kier alpha value is -1.06. The summed E-state index contributed by atoms with van der Waals surface area (Å²) in [6.07, 6.45) is 0. The Morgan fingerprint density at radius 1 is 0.500 bits per heavy atom. The molecule has 0 aromatic carbocycles. The number of carbonyl (C=O) groups is 2. The van der Waals surface area contributed by atoms with Crippen LogP contribution < -0.4 is 0 Å².